The summed E-state index contributed by atoms with van der Waals surface area (Å²) in [7, 11) is 0. The van der Waals surface area contributed by atoms with Gasteiger partial charge in [-0.3, -0.25) is 0 Å². The zero-order chi connectivity index (χ0) is 11.8. The van der Waals surface area contributed by atoms with E-state index in [9.17, 15) is 5.11 Å². The summed E-state index contributed by atoms with van der Waals surface area (Å²) >= 11 is 0. The summed E-state index contributed by atoms with van der Waals surface area (Å²) in [6.45, 7) is 3.17. The van der Waals surface area contributed by atoms with Gasteiger partial charge in [0.2, 0.25) is 0 Å². The molecular weight excluding hydrogens is 202 g/mol. The maximum atomic E-state index is 9.34. The average molecular weight is 223 g/mol. The van der Waals surface area contributed by atoms with Gasteiger partial charge < -0.3 is 15.6 Å². The number of rotatable bonds is 7. The molecule has 0 aliphatic heterocycles. The Labute approximate surface area is 97.2 Å². The highest BCUT2D eigenvalue weighted by molar-refractivity contribution is 5.27. The van der Waals surface area contributed by atoms with Crippen molar-refractivity contribution in [2.75, 3.05) is 13.2 Å². The van der Waals surface area contributed by atoms with Crippen molar-refractivity contribution in [1.29, 1.82) is 0 Å². The van der Waals surface area contributed by atoms with Crippen molar-refractivity contribution in [1.82, 2.24) is 0 Å². The van der Waals surface area contributed by atoms with Crippen molar-refractivity contribution >= 4 is 0 Å². The number of ether oxygens (including phenoxy) is 1. The lowest BCUT2D eigenvalue weighted by Crippen LogP contribution is -2.20. The lowest BCUT2D eigenvalue weighted by Gasteiger charge is -2.08. The van der Waals surface area contributed by atoms with Crippen LogP contribution in [0.5, 0.6) is 5.75 Å². The van der Waals surface area contributed by atoms with Gasteiger partial charge in [-0.1, -0.05) is 19.1 Å². The first-order valence-corrected chi connectivity index (χ1v) is 5.86. The largest absolute Gasteiger partial charge is 0.494 e. The topological polar surface area (TPSA) is 55.5 Å². The normalized spacial score (nSPS) is 12.4. The number of hydrogen-bond acceptors (Lipinski definition) is 3. The fourth-order valence-corrected chi connectivity index (χ4v) is 1.42. The molecule has 0 radical (unpaired) electrons. The summed E-state index contributed by atoms with van der Waals surface area (Å²) < 4.78 is 5.49. The van der Waals surface area contributed by atoms with E-state index in [0.717, 1.165) is 25.2 Å². The highest BCUT2D eigenvalue weighted by atomic mass is 16.5. The zero-order valence-corrected chi connectivity index (χ0v) is 9.86. The average Bonchev–Trinajstić information content (AvgIpc) is 2.34. The van der Waals surface area contributed by atoms with Crippen LogP contribution in [0.1, 0.15) is 25.3 Å². The predicted octanol–water partition coefficient (Wildman–Crippen LogP) is 1.73. The standard InChI is InChI=1S/C13H21NO2/c1-2-9-16-13-7-4-11(5-8-13)3-6-12(15)10-14/h4-5,7-8,12,15H,2-3,6,9-10,14H2,1H3. The molecule has 0 saturated heterocycles. The van der Waals surface area contributed by atoms with E-state index in [4.69, 9.17) is 10.5 Å². The second-order valence-corrected chi connectivity index (χ2v) is 3.92. The lowest BCUT2D eigenvalue weighted by molar-refractivity contribution is 0.173. The van der Waals surface area contributed by atoms with Crippen LogP contribution in [0.25, 0.3) is 0 Å². The third kappa shape index (κ3) is 4.64. The van der Waals surface area contributed by atoms with E-state index in [1.54, 1.807) is 0 Å². The minimum absolute atomic E-state index is 0.331. The Morgan fingerprint density at radius 1 is 1.31 bits per heavy atom. The van der Waals surface area contributed by atoms with Crippen LogP contribution in [0, 0.1) is 0 Å². The third-order valence-electron chi connectivity index (χ3n) is 2.43. The Morgan fingerprint density at radius 2 is 2.00 bits per heavy atom. The smallest absolute Gasteiger partial charge is 0.119 e. The van der Waals surface area contributed by atoms with Gasteiger partial charge in [0, 0.05) is 6.54 Å². The van der Waals surface area contributed by atoms with Crippen molar-refractivity contribution in [2.24, 2.45) is 5.73 Å². The quantitative estimate of drug-likeness (QED) is 0.740. The summed E-state index contributed by atoms with van der Waals surface area (Å²) in [5, 5.41) is 9.34. The molecule has 0 aromatic heterocycles. The van der Waals surface area contributed by atoms with E-state index >= 15 is 0 Å². The van der Waals surface area contributed by atoms with Gasteiger partial charge in [-0.15, -0.1) is 0 Å². The predicted molar refractivity (Wildman–Crippen MR) is 65.6 cm³/mol. The molecule has 0 heterocycles. The van der Waals surface area contributed by atoms with Gasteiger partial charge in [0.15, 0.2) is 0 Å². The van der Waals surface area contributed by atoms with Crippen LogP contribution in [-0.2, 0) is 6.42 Å². The molecule has 90 valence electrons. The Bertz CT molecular complexity index is 284. The Morgan fingerprint density at radius 3 is 2.56 bits per heavy atom. The molecular formula is C13H21NO2. The molecule has 0 spiro atoms. The Kier molecular flexibility index (Phi) is 5.90. The minimum Gasteiger partial charge on any atom is -0.494 e. The van der Waals surface area contributed by atoms with E-state index in [1.807, 2.05) is 24.3 Å². The van der Waals surface area contributed by atoms with Gasteiger partial charge in [0.05, 0.1) is 12.7 Å². The fraction of sp³-hybridized carbons (Fsp3) is 0.538. The maximum absolute atomic E-state index is 9.34. The van der Waals surface area contributed by atoms with Gasteiger partial charge in [0.25, 0.3) is 0 Å². The highest BCUT2D eigenvalue weighted by Gasteiger charge is 2.01. The van der Waals surface area contributed by atoms with Crippen LogP contribution in [-0.4, -0.2) is 24.4 Å². The van der Waals surface area contributed by atoms with Crippen LogP contribution in [0.2, 0.25) is 0 Å². The lowest BCUT2D eigenvalue weighted by atomic mass is 10.1. The summed E-state index contributed by atoms with van der Waals surface area (Å²) in [6, 6.07) is 8.02. The molecule has 1 rings (SSSR count). The van der Waals surface area contributed by atoms with Gasteiger partial charge >= 0.3 is 0 Å². The zero-order valence-electron chi connectivity index (χ0n) is 9.86. The second-order valence-electron chi connectivity index (χ2n) is 3.92. The molecule has 0 bridgehead atoms. The number of benzene rings is 1. The number of hydrogen-bond donors (Lipinski definition) is 2. The molecule has 0 amide bonds. The number of aryl methyl sites for hydroxylation is 1. The molecule has 0 saturated carbocycles. The van der Waals surface area contributed by atoms with Crippen molar-refractivity contribution in [3.8, 4) is 5.75 Å². The third-order valence-corrected chi connectivity index (χ3v) is 2.43. The molecule has 0 aliphatic carbocycles. The molecule has 0 fully saturated rings. The SMILES string of the molecule is CCCOc1ccc(CCC(O)CN)cc1. The van der Waals surface area contributed by atoms with Crippen molar-refractivity contribution in [2.45, 2.75) is 32.3 Å². The van der Waals surface area contributed by atoms with Crippen molar-refractivity contribution < 1.29 is 9.84 Å². The van der Waals surface area contributed by atoms with Crippen LogP contribution in [0.15, 0.2) is 24.3 Å². The molecule has 16 heavy (non-hydrogen) atoms. The molecule has 1 atom stereocenters. The van der Waals surface area contributed by atoms with E-state index < -0.39 is 6.10 Å². The van der Waals surface area contributed by atoms with Crippen LogP contribution in [0.3, 0.4) is 0 Å². The van der Waals surface area contributed by atoms with E-state index in [0.29, 0.717) is 13.0 Å². The molecule has 1 aromatic rings. The van der Waals surface area contributed by atoms with E-state index in [2.05, 4.69) is 6.92 Å². The van der Waals surface area contributed by atoms with E-state index in [-0.39, 0.29) is 0 Å². The summed E-state index contributed by atoms with van der Waals surface area (Å²) in [4.78, 5) is 0. The van der Waals surface area contributed by atoms with Gasteiger partial charge in [0.1, 0.15) is 5.75 Å². The molecule has 0 aliphatic rings. The van der Waals surface area contributed by atoms with E-state index in [1.165, 1.54) is 5.56 Å². The fourth-order valence-electron chi connectivity index (χ4n) is 1.42. The molecule has 1 unspecified atom stereocenters. The van der Waals surface area contributed by atoms with Gasteiger partial charge in [-0.25, -0.2) is 0 Å². The molecule has 3 heteroatoms. The number of aliphatic hydroxyl groups excluding tert-OH is 1. The first-order chi connectivity index (χ1) is 7.76. The second kappa shape index (κ2) is 7.25. The molecule has 3 nitrogen and oxygen atoms in total. The van der Waals surface area contributed by atoms with Gasteiger partial charge in [-0.05, 0) is 37.0 Å². The first-order valence-electron chi connectivity index (χ1n) is 5.86. The monoisotopic (exact) mass is 223 g/mol. The molecule has 3 N–H and O–H groups in total. The van der Waals surface area contributed by atoms with Crippen molar-refractivity contribution in [3.63, 3.8) is 0 Å². The highest BCUT2D eigenvalue weighted by Crippen LogP contribution is 2.14. The first kappa shape index (κ1) is 13.0. The van der Waals surface area contributed by atoms with Crippen LogP contribution >= 0.6 is 0 Å². The minimum atomic E-state index is -0.393. The van der Waals surface area contributed by atoms with Crippen molar-refractivity contribution in [3.05, 3.63) is 29.8 Å². The number of nitrogens with two attached hydrogens (primary N) is 1. The van der Waals surface area contributed by atoms with Gasteiger partial charge in [-0.2, -0.15) is 0 Å². The summed E-state index contributed by atoms with van der Waals surface area (Å²) in [5.41, 5.74) is 6.55. The Balaban J connectivity index is 2.38. The number of aliphatic hydroxyl groups is 1. The summed E-state index contributed by atoms with van der Waals surface area (Å²) in [6.07, 6.45) is 2.19. The maximum Gasteiger partial charge on any atom is 0.119 e. The van der Waals surface area contributed by atoms with Crippen LogP contribution < -0.4 is 10.5 Å². The molecule has 1 aromatic carbocycles. The summed E-state index contributed by atoms with van der Waals surface area (Å²) in [5.74, 6) is 0.907. The van der Waals surface area contributed by atoms with Crippen LogP contribution in [0.4, 0.5) is 0 Å². The Hall–Kier alpha value is -1.06.